The quantitative estimate of drug-likeness (QED) is 0.728. The van der Waals surface area contributed by atoms with Gasteiger partial charge in [0.25, 0.3) is 0 Å². The van der Waals surface area contributed by atoms with Gasteiger partial charge >= 0.3 is 0 Å². The van der Waals surface area contributed by atoms with Gasteiger partial charge in [-0.3, -0.25) is 0 Å². The van der Waals surface area contributed by atoms with Crippen molar-refractivity contribution < 1.29 is 10.2 Å². The average molecular weight is 340 g/mol. The first kappa shape index (κ1) is 16.4. The van der Waals surface area contributed by atoms with Crippen LogP contribution in [0, 0.1) is 23.2 Å². The van der Waals surface area contributed by atoms with Gasteiger partial charge in [-0.05, 0) is 63.6 Å². The molecular formula is C19H24N4O2. The van der Waals surface area contributed by atoms with Crippen LogP contribution >= 0.6 is 0 Å². The van der Waals surface area contributed by atoms with Gasteiger partial charge in [0, 0.05) is 12.0 Å². The molecule has 6 heteroatoms. The summed E-state index contributed by atoms with van der Waals surface area (Å²) in [5.74, 6) is 0.787. The van der Waals surface area contributed by atoms with Gasteiger partial charge in [-0.25, -0.2) is 4.98 Å². The molecule has 0 amide bonds. The fourth-order valence-corrected chi connectivity index (χ4v) is 3.89. The van der Waals surface area contributed by atoms with E-state index in [0.29, 0.717) is 17.6 Å². The van der Waals surface area contributed by atoms with E-state index in [4.69, 9.17) is 0 Å². The summed E-state index contributed by atoms with van der Waals surface area (Å²) in [6, 6.07) is 8.04. The number of nitrogens with one attached hydrogen (secondary N) is 1. The van der Waals surface area contributed by atoms with Crippen LogP contribution in [0.4, 0.5) is 5.95 Å². The molecule has 1 heterocycles. The highest BCUT2D eigenvalue weighted by Crippen LogP contribution is 2.48. The van der Waals surface area contributed by atoms with E-state index in [2.05, 4.69) is 20.9 Å². The van der Waals surface area contributed by atoms with Gasteiger partial charge in [-0.1, -0.05) is 0 Å². The lowest BCUT2D eigenvalue weighted by Crippen LogP contribution is -2.30. The number of hydrogen-bond donors (Lipinski definition) is 3. The maximum absolute atomic E-state index is 10.6. The zero-order valence-electron chi connectivity index (χ0n) is 14.6. The first-order chi connectivity index (χ1) is 11.9. The minimum absolute atomic E-state index is 0.0318. The van der Waals surface area contributed by atoms with Gasteiger partial charge in [0.05, 0.1) is 28.3 Å². The van der Waals surface area contributed by atoms with Crippen LogP contribution in [0.2, 0.25) is 0 Å². The lowest BCUT2D eigenvalue weighted by molar-refractivity contribution is 0.0394. The summed E-state index contributed by atoms with van der Waals surface area (Å²) in [6.45, 7) is 3.58. The Morgan fingerprint density at radius 1 is 1.40 bits per heavy atom. The standard InChI is InChI=1S/C19H24N4O2/c1-19(2,25)14-9-13(14)17(24)22-18-21-15-7-6-11(10-20)8-16(15)23(18)12-4-3-5-12/h6-8,12-14,17,24-25H,3-5,9H2,1-2H3,(H,21,22)/t13-,14-,17?/m0/s1. The van der Waals surface area contributed by atoms with Crippen LogP contribution in [0.25, 0.3) is 11.0 Å². The van der Waals surface area contributed by atoms with Crippen molar-refractivity contribution in [1.82, 2.24) is 9.55 Å². The number of nitriles is 1. The smallest absolute Gasteiger partial charge is 0.206 e. The minimum atomic E-state index is -0.775. The highest BCUT2D eigenvalue weighted by atomic mass is 16.3. The number of aliphatic hydroxyl groups is 2. The van der Waals surface area contributed by atoms with Crippen molar-refractivity contribution in [2.45, 2.75) is 57.4 Å². The number of benzene rings is 1. The molecule has 0 saturated heterocycles. The molecule has 2 fully saturated rings. The first-order valence-corrected chi connectivity index (χ1v) is 8.97. The highest BCUT2D eigenvalue weighted by molar-refractivity contribution is 5.80. The molecule has 2 aliphatic rings. The van der Waals surface area contributed by atoms with E-state index in [1.165, 1.54) is 6.42 Å². The molecular weight excluding hydrogens is 316 g/mol. The van der Waals surface area contributed by atoms with Gasteiger partial charge in [-0.15, -0.1) is 0 Å². The minimum Gasteiger partial charge on any atom is -0.390 e. The maximum atomic E-state index is 10.6. The second kappa shape index (κ2) is 5.72. The fourth-order valence-electron chi connectivity index (χ4n) is 3.89. The van der Waals surface area contributed by atoms with Crippen LogP contribution in [0.5, 0.6) is 0 Å². The zero-order valence-corrected chi connectivity index (χ0v) is 14.6. The number of aromatic nitrogens is 2. The molecule has 6 nitrogen and oxygen atoms in total. The van der Waals surface area contributed by atoms with E-state index < -0.39 is 11.8 Å². The molecule has 3 N–H and O–H groups in total. The molecule has 2 aromatic rings. The van der Waals surface area contributed by atoms with Gasteiger partial charge in [-0.2, -0.15) is 5.26 Å². The van der Waals surface area contributed by atoms with Crippen LogP contribution in [0.3, 0.4) is 0 Å². The Hall–Kier alpha value is -2.10. The summed E-state index contributed by atoms with van der Waals surface area (Å²) in [7, 11) is 0. The zero-order chi connectivity index (χ0) is 17.8. The monoisotopic (exact) mass is 340 g/mol. The van der Waals surface area contributed by atoms with Crippen LogP contribution in [-0.4, -0.2) is 31.6 Å². The normalized spacial score (nSPS) is 24.6. The predicted molar refractivity (Wildman–Crippen MR) is 94.9 cm³/mol. The van der Waals surface area contributed by atoms with Gasteiger partial charge in [0.1, 0.15) is 6.23 Å². The summed E-state index contributed by atoms with van der Waals surface area (Å²) < 4.78 is 2.13. The summed E-state index contributed by atoms with van der Waals surface area (Å²) in [4.78, 5) is 4.65. The number of imidazole rings is 1. The van der Waals surface area contributed by atoms with Gasteiger partial charge in [0.15, 0.2) is 0 Å². The summed E-state index contributed by atoms with van der Waals surface area (Å²) in [5, 5.41) is 33.0. The van der Waals surface area contributed by atoms with E-state index >= 15 is 0 Å². The van der Waals surface area contributed by atoms with E-state index in [0.717, 1.165) is 30.3 Å². The Bertz CT molecular complexity index is 841. The lowest BCUT2D eigenvalue weighted by Gasteiger charge is -2.30. The SMILES string of the molecule is CC(C)(O)[C@H]1C[C@@H]1C(O)Nc1nc2ccc(C#N)cc2n1C1CCC1. The lowest BCUT2D eigenvalue weighted by atomic mass is 9.92. The number of nitrogens with zero attached hydrogens (tertiary/aromatic N) is 3. The van der Waals surface area contributed by atoms with E-state index in [1.54, 1.807) is 19.9 Å². The van der Waals surface area contributed by atoms with E-state index in [1.807, 2.05) is 12.1 Å². The molecule has 0 radical (unpaired) electrons. The third kappa shape index (κ3) is 2.88. The summed E-state index contributed by atoms with van der Waals surface area (Å²) >= 11 is 0. The fraction of sp³-hybridized carbons (Fsp3) is 0.579. The average Bonchev–Trinajstić information content (AvgIpc) is 3.26. The van der Waals surface area contributed by atoms with Gasteiger partial charge < -0.3 is 20.1 Å². The third-order valence-electron chi connectivity index (χ3n) is 5.69. The number of aliphatic hydroxyl groups excluding tert-OH is 1. The first-order valence-electron chi connectivity index (χ1n) is 8.97. The Morgan fingerprint density at radius 2 is 2.16 bits per heavy atom. The molecule has 25 heavy (non-hydrogen) atoms. The number of rotatable bonds is 5. The van der Waals surface area contributed by atoms with E-state index in [-0.39, 0.29) is 11.8 Å². The molecule has 0 spiro atoms. The second-order valence-electron chi connectivity index (χ2n) is 7.95. The van der Waals surface area contributed by atoms with Crippen molar-refractivity contribution in [1.29, 1.82) is 5.26 Å². The summed E-state index contributed by atoms with van der Waals surface area (Å²) in [6.07, 6.45) is 3.43. The van der Waals surface area contributed by atoms with Crippen LogP contribution < -0.4 is 5.32 Å². The molecule has 1 aromatic heterocycles. The molecule has 3 atom stereocenters. The van der Waals surface area contributed by atoms with Crippen molar-refractivity contribution in [2.24, 2.45) is 11.8 Å². The highest BCUT2D eigenvalue weighted by Gasteiger charge is 2.50. The Kier molecular flexibility index (Phi) is 3.75. The molecule has 1 unspecified atom stereocenters. The Labute approximate surface area is 147 Å². The predicted octanol–water partition coefficient (Wildman–Crippen LogP) is 2.77. The molecule has 2 saturated carbocycles. The van der Waals surface area contributed by atoms with Crippen molar-refractivity contribution >= 4 is 17.0 Å². The third-order valence-corrected chi connectivity index (χ3v) is 5.69. The Morgan fingerprint density at radius 3 is 2.72 bits per heavy atom. The van der Waals surface area contributed by atoms with Crippen LogP contribution in [0.1, 0.15) is 51.1 Å². The topological polar surface area (TPSA) is 94.1 Å². The largest absolute Gasteiger partial charge is 0.390 e. The summed E-state index contributed by atoms with van der Waals surface area (Å²) in [5.41, 5.74) is 1.61. The molecule has 0 aliphatic heterocycles. The number of hydrogen-bond acceptors (Lipinski definition) is 5. The van der Waals surface area contributed by atoms with Crippen LogP contribution in [-0.2, 0) is 0 Å². The molecule has 0 bridgehead atoms. The van der Waals surface area contributed by atoms with Crippen molar-refractivity contribution in [2.75, 3.05) is 5.32 Å². The number of anilines is 1. The molecule has 2 aliphatic carbocycles. The molecule has 132 valence electrons. The van der Waals surface area contributed by atoms with Crippen molar-refractivity contribution in [3.05, 3.63) is 23.8 Å². The molecule has 4 rings (SSSR count). The van der Waals surface area contributed by atoms with Crippen molar-refractivity contribution in [3.63, 3.8) is 0 Å². The maximum Gasteiger partial charge on any atom is 0.206 e. The second-order valence-corrected chi connectivity index (χ2v) is 7.95. The molecule has 1 aromatic carbocycles. The Balaban J connectivity index is 1.64. The van der Waals surface area contributed by atoms with E-state index in [9.17, 15) is 15.5 Å². The number of fused-ring (bicyclic) bond motifs is 1. The van der Waals surface area contributed by atoms with Gasteiger partial charge in [0.2, 0.25) is 5.95 Å². The van der Waals surface area contributed by atoms with Crippen molar-refractivity contribution in [3.8, 4) is 6.07 Å². The van der Waals surface area contributed by atoms with Crippen LogP contribution in [0.15, 0.2) is 18.2 Å².